The van der Waals surface area contributed by atoms with Crippen molar-refractivity contribution in [2.45, 2.75) is 39.4 Å². The van der Waals surface area contributed by atoms with Crippen molar-refractivity contribution in [3.63, 3.8) is 0 Å². The maximum atomic E-state index is 12.1. The van der Waals surface area contributed by atoms with Crippen molar-refractivity contribution in [3.8, 4) is 11.8 Å². The van der Waals surface area contributed by atoms with Crippen LogP contribution in [0, 0.1) is 17.8 Å². The van der Waals surface area contributed by atoms with Gasteiger partial charge in [-0.05, 0) is 31.6 Å². The van der Waals surface area contributed by atoms with E-state index >= 15 is 0 Å². The first-order valence-electron chi connectivity index (χ1n) is 6.57. The molecular weight excluding hydrogens is 244 g/mol. The number of rotatable bonds is 2. The summed E-state index contributed by atoms with van der Waals surface area (Å²) >= 11 is 0. The minimum Gasteiger partial charge on any atom is -0.323 e. The predicted molar refractivity (Wildman–Crippen MR) is 68.1 cm³/mol. The Labute approximate surface area is 111 Å². The molecule has 1 saturated carbocycles. The van der Waals surface area contributed by atoms with Crippen LogP contribution in [0.25, 0.3) is 0 Å². The highest BCUT2D eigenvalue weighted by atomic mass is 16.2. The lowest BCUT2D eigenvalue weighted by molar-refractivity contribution is -0.126. The van der Waals surface area contributed by atoms with Gasteiger partial charge in [-0.1, -0.05) is 5.92 Å². The van der Waals surface area contributed by atoms with Crippen LogP contribution in [-0.4, -0.2) is 31.7 Å². The summed E-state index contributed by atoms with van der Waals surface area (Å²) in [6, 6.07) is 0. The quantitative estimate of drug-likeness (QED) is 0.693. The molecule has 2 aliphatic rings. The number of aromatic nitrogens is 3. The van der Waals surface area contributed by atoms with E-state index < -0.39 is 0 Å². The fourth-order valence-corrected chi connectivity index (χ4v) is 2.32. The van der Waals surface area contributed by atoms with Crippen molar-refractivity contribution in [1.29, 1.82) is 0 Å². The summed E-state index contributed by atoms with van der Waals surface area (Å²) in [6.45, 7) is 3.76. The zero-order valence-electron chi connectivity index (χ0n) is 10.9. The first-order valence-corrected chi connectivity index (χ1v) is 6.57. The summed E-state index contributed by atoms with van der Waals surface area (Å²) in [5.41, 5.74) is -0.0458. The Bertz CT molecular complexity index is 627. The van der Waals surface area contributed by atoms with Crippen molar-refractivity contribution in [2.75, 3.05) is 6.54 Å². The molecule has 1 aliphatic carbocycles. The van der Waals surface area contributed by atoms with E-state index in [-0.39, 0.29) is 11.6 Å². The first kappa shape index (κ1) is 12.0. The second-order valence-corrected chi connectivity index (χ2v) is 5.08. The SMILES string of the molecule is CC#CC(=O)N1CCn2c(nn(CC3CC3)c2=O)C1. The molecule has 3 rings (SSSR count). The van der Waals surface area contributed by atoms with Crippen LogP contribution in [0.15, 0.2) is 4.79 Å². The van der Waals surface area contributed by atoms with E-state index in [0.29, 0.717) is 37.9 Å². The second kappa shape index (κ2) is 4.57. The monoisotopic (exact) mass is 260 g/mol. The average Bonchev–Trinajstić information content (AvgIpc) is 3.16. The molecule has 0 spiro atoms. The molecule has 19 heavy (non-hydrogen) atoms. The van der Waals surface area contributed by atoms with E-state index in [9.17, 15) is 9.59 Å². The molecule has 0 saturated heterocycles. The van der Waals surface area contributed by atoms with Gasteiger partial charge in [-0.2, -0.15) is 5.10 Å². The lowest BCUT2D eigenvalue weighted by atomic mass is 10.3. The zero-order valence-corrected chi connectivity index (χ0v) is 10.9. The summed E-state index contributed by atoms with van der Waals surface area (Å²) in [5.74, 6) is 6.21. The third-order valence-electron chi connectivity index (χ3n) is 3.57. The molecule has 0 radical (unpaired) electrons. The Balaban J connectivity index is 1.82. The molecule has 0 atom stereocenters. The van der Waals surface area contributed by atoms with Gasteiger partial charge < -0.3 is 4.90 Å². The number of hydrogen-bond acceptors (Lipinski definition) is 3. The Morgan fingerprint density at radius 3 is 2.89 bits per heavy atom. The third-order valence-corrected chi connectivity index (χ3v) is 3.57. The molecule has 0 N–H and O–H groups in total. The van der Waals surface area contributed by atoms with Crippen LogP contribution in [0.5, 0.6) is 0 Å². The van der Waals surface area contributed by atoms with Gasteiger partial charge in [-0.25, -0.2) is 9.48 Å². The molecule has 0 aromatic carbocycles. The summed E-state index contributed by atoms with van der Waals surface area (Å²) < 4.78 is 3.22. The van der Waals surface area contributed by atoms with Crippen LogP contribution in [0.2, 0.25) is 0 Å². The van der Waals surface area contributed by atoms with Crippen molar-refractivity contribution < 1.29 is 4.79 Å². The van der Waals surface area contributed by atoms with Gasteiger partial charge in [-0.15, -0.1) is 0 Å². The molecule has 1 amide bonds. The van der Waals surface area contributed by atoms with Gasteiger partial charge in [0.2, 0.25) is 0 Å². The normalized spacial score (nSPS) is 17.6. The molecule has 0 bridgehead atoms. The smallest absolute Gasteiger partial charge is 0.323 e. The van der Waals surface area contributed by atoms with Gasteiger partial charge in [0.05, 0.1) is 6.54 Å². The molecule has 6 heteroatoms. The van der Waals surface area contributed by atoms with Gasteiger partial charge >= 0.3 is 5.69 Å². The molecule has 100 valence electrons. The maximum absolute atomic E-state index is 12.1. The van der Waals surface area contributed by atoms with Crippen molar-refractivity contribution in [3.05, 3.63) is 16.3 Å². The molecule has 1 aromatic heterocycles. The lowest BCUT2D eigenvalue weighted by Crippen LogP contribution is -2.40. The Morgan fingerprint density at radius 1 is 1.42 bits per heavy atom. The Hall–Kier alpha value is -2.03. The topological polar surface area (TPSA) is 60.1 Å². The second-order valence-electron chi connectivity index (χ2n) is 5.08. The molecule has 2 heterocycles. The molecular formula is C13H16N4O2. The van der Waals surface area contributed by atoms with E-state index in [1.54, 1.807) is 21.1 Å². The number of hydrogen-bond donors (Lipinski definition) is 0. The summed E-state index contributed by atoms with van der Waals surface area (Å²) in [6.07, 6.45) is 2.37. The first-order chi connectivity index (χ1) is 9.19. The van der Waals surface area contributed by atoms with Gasteiger partial charge in [0, 0.05) is 19.6 Å². The standard InChI is InChI=1S/C13H16N4O2/c1-2-3-12(18)15-6-7-16-11(9-15)14-17(13(16)19)8-10-4-5-10/h10H,4-9H2,1H3. The van der Waals surface area contributed by atoms with E-state index in [4.69, 9.17) is 0 Å². The molecule has 1 fully saturated rings. The van der Waals surface area contributed by atoms with Crippen molar-refractivity contribution in [1.82, 2.24) is 19.2 Å². The predicted octanol–water partition coefficient (Wildman–Crippen LogP) is -0.180. The van der Waals surface area contributed by atoms with Gasteiger partial charge in [0.1, 0.15) is 0 Å². The number of fused-ring (bicyclic) bond motifs is 1. The summed E-state index contributed by atoms with van der Waals surface area (Å²) in [5, 5.41) is 4.35. The van der Waals surface area contributed by atoms with Crippen molar-refractivity contribution in [2.24, 2.45) is 5.92 Å². The lowest BCUT2D eigenvalue weighted by Gasteiger charge is -2.24. The minimum atomic E-state index is -0.196. The highest BCUT2D eigenvalue weighted by Crippen LogP contribution is 2.29. The van der Waals surface area contributed by atoms with Gasteiger partial charge in [0.25, 0.3) is 5.91 Å². The molecule has 0 unspecified atom stereocenters. The fourth-order valence-electron chi connectivity index (χ4n) is 2.32. The average molecular weight is 260 g/mol. The van der Waals surface area contributed by atoms with Crippen LogP contribution < -0.4 is 5.69 Å². The highest BCUT2D eigenvalue weighted by molar-refractivity contribution is 5.93. The van der Waals surface area contributed by atoms with E-state index in [2.05, 4.69) is 16.9 Å². The maximum Gasteiger partial charge on any atom is 0.346 e. The number of amides is 1. The Kier molecular flexibility index (Phi) is 2.90. The van der Waals surface area contributed by atoms with E-state index in [1.165, 1.54) is 12.8 Å². The van der Waals surface area contributed by atoms with Crippen LogP contribution in [0.4, 0.5) is 0 Å². The molecule has 6 nitrogen and oxygen atoms in total. The highest BCUT2D eigenvalue weighted by Gasteiger charge is 2.27. The molecule has 1 aliphatic heterocycles. The molecule has 1 aromatic rings. The van der Waals surface area contributed by atoms with Crippen molar-refractivity contribution >= 4 is 5.91 Å². The Morgan fingerprint density at radius 2 is 2.21 bits per heavy atom. The fraction of sp³-hybridized carbons (Fsp3) is 0.615. The zero-order chi connectivity index (χ0) is 13.4. The third kappa shape index (κ3) is 2.28. The summed E-state index contributed by atoms with van der Waals surface area (Å²) in [4.78, 5) is 25.5. The summed E-state index contributed by atoms with van der Waals surface area (Å²) in [7, 11) is 0. The van der Waals surface area contributed by atoms with Crippen LogP contribution in [-0.2, 0) is 24.4 Å². The number of nitrogens with zero attached hydrogens (tertiary/aromatic N) is 4. The van der Waals surface area contributed by atoms with Gasteiger partial charge in [-0.3, -0.25) is 9.36 Å². The number of carbonyl (C=O) groups excluding carboxylic acids is 1. The largest absolute Gasteiger partial charge is 0.346 e. The van der Waals surface area contributed by atoms with E-state index in [1.807, 2.05) is 0 Å². The number of carbonyl (C=O) groups is 1. The van der Waals surface area contributed by atoms with Crippen LogP contribution in [0.1, 0.15) is 25.6 Å². The van der Waals surface area contributed by atoms with Crippen LogP contribution in [0.3, 0.4) is 0 Å². The van der Waals surface area contributed by atoms with Crippen LogP contribution >= 0.6 is 0 Å². The van der Waals surface area contributed by atoms with E-state index in [0.717, 1.165) is 0 Å². The van der Waals surface area contributed by atoms with Gasteiger partial charge in [0.15, 0.2) is 5.82 Å². The minimum absolute atomic E-state index is 0.0458.